The summed E-state index contributed by atoms with van der Waals surface area (Å²) in [4.78, 5) is 0. The van der Waals surface area contributed by atoms with Crippen LogP contribution in [0.3, 0.4) is 0 Å². The fourth-order valence-electron chi connectivity index (χ4n) is 2.28. The Kier molecular flexibility index (Phi) is 3.89. The normalized spacial score (nSPS) is 9.95. The van der Waals surface area contributed by atoms with Crippen molar-refractivity contribution < 1.29 is 4.74 Å². The second kappa shape index (κ2) is 6.15. The number of hydrogen-bond donors (Lipinski definition) is 0. The number of rotatable bonds is 2. The third-order valence-corrected chi connectivity index (χ3v) is 3.41. The molecule has 0 spiro atoms. The minimum Gasteiger partial charge on any atom is -0.497 e. The summed E-state index contributed by atoms with van der Waals surface area (Å²) in [6, 6.07) is 22.6. The molecule has 0 bridgehead atoms. The Bertz CT molecular complexity index is 807. The third-order valence-electron chi connectivity index (χ3n) is 3.41. The quantitative estimate of drug-likeness (QED) is 0.627. The van der Waals surface area contributed by atoms with Crippen LogP contribution in [0.4, 0.5) is 0 Å². The molecule has 0 aliphatic carbocycles. The molecule has 0 saturated heterocycles. The fourth-order valence-corrected chi connectivity index (χ4v) is 2.28. The standard InChI is InChI=1S/C20H16O/c1-21-20-13-12-18-14-17(10-11-19(18)15-20)9-5-8-16-6-3-2-4-7-16/h2-4,6-7,10-15H,9H2,1H3. The van der Waals surface area contributed by atoms with Crippen molar-refractivity contribution in [3.8, 4) is 17.6 Å². The van der Waals surface area contributed by atoms with E-state index in [1.807, 2.05) is 36.4 Å². The second-order valence-electron chi connectivity index (χ2n) is 4.89. The lowest BCUT2D eigenvalue weighted by Gasteiger charge is -2.03. The predicted molar refractivity (Wildman–Crippen MR) is 87.5 cm³/mol. The van der Waals surface area contributed by atoms with E-state index in [1.165, 1.54) is 16.3 Å². The molecule has 0 amide bonds. The zero-order valence-electron chi connectivity index (χ0n) is 12.0. The maximum atomic E-state index is 5.24. The molecule has 3 aromatic rings. The molecule has 0 aliphatic heterocycles. The Labute approximate surface area is 125 Å². The van der Waals surface area contributed by atoms with Crippen LogP contribution in [0, 0.1) is 11.8 Å². The van der Waals surface area contributed by atoms with Crippen molar-refractivity contribution >= 4 is 10.8 Å². The van der Waals surface area contributed by atoms with Crippen molar-refractivity contribution in [2.45, 2.75) is 6.42 Å². The van der Waals surface area contributed by atoms with Gasteiger partial charge in [-0.1, -0.05) is 54.3 Å². The van der Waals surface area contributed by atoms with Crippen LogP contribution in [-0.2, 0) is 6.42 Å². The van der Waals surface area contributed by atoms with Crippen LogP contribution in [0.25, 0.3) is 10.8 Å². The van der Waals surface area contributed by atoms with Gasteiger partial charge >= 0.3 is 0 Å². The topological polar surface area (TPSA) is 9.23 Å². The molecule has 3 rings (SSSR count). The van der Waals surface area contributed by atoms with Gasteiger partial charge in [0.25, 0.3) is 0 Å². The molecule has 0 saturated carbocycles. The van der Waals surface area contributed by atoms with E-state index in [1.54, 1.807) is 7.11 Å². The van der Waals surface area contributed by atoms with Crippen LogP contribution in [-0.4, -0.2) is 7.11 Å². The number of methoxy groups -OCH3 is 1. The molecule has 102 valence electrons. The van der Waals surface area contributed by atoms with Crippen molar-refractivity contribution in [2.24, 2.45) is 0 Å². The second-order valence-corrected chi connectivity index (χ2v) is 4.89. The van der Waals surface area contributed by atoms with Gasteiger partial charge in [0.05, 0.1) is 7.11 Å². The molecule has 1 nitrogen and oxygen atoms in total. The Balaban J connectivity index is 1.81. The van der Waals surface area contributed by atoms with Gasteiger partial charge in [-0.3, -0.25) is 0 Å². The third kappa shape index (κ3) is 3.24. The summed E-state index contributed by atoms with van der Waals surface area (Å²) in [6.07, 6.45) is 0.761. The summed E-state index contributed by atoms with van der Waals surface area (Å²) in [7, 11) is 1.69. The van der Waals surface area contributed by atoms with E-state index in [-0.39, 0.29) is 0 Å². The SMILES string of the molecule is COc1ccc2cc(CC#Cc3ccccc3)ccc2c1. The molecule has 0 unspecified atom stereocenters. The summed E-state index contributed by atoms with van der Waals surface area (Å²) in [5, 5.41) is 2.41. The van der Waals surface area contributed by atoms with Gasteiger partial charge in [-0.15, -0.1) is 0 Å². The number of benzene rings is 3. The molecule has 0 heterocycles. The minimum atomic E-state index is 0.761. The minimum absolute atomic E-state index is 0.761. The predicted octanol–water partition coefficient (Wildman–Crippen LogP) is 4.44. The summed E-state index contributed by atoms with van der Waals surface area (Å²) < 4.78 is 5.24. The van der Waals surface area contributed by atoms with E-state index in [0.717, 1.165) is 17.7 Å². The highest BCUT2D eigenvalue weighted by molar-refractivity contribution is 5.84. The van der Waals surface area contributed by atoms with Crippen LogP contribution in [0.5, 0.6) is 5.75 Å². The first kappa shape index (κ1) is 13.3. The fraction of sp³-hybridized carbons (Fsp3) is 0.100. The lowest BCUT2D eigenvalue weighted by atomic mass is 10.0. The molecule has 0 fully saturated rings. The van der Waals surface area contributed by atoms with Crippen LogP contribution in [0.2, 0.25) is 0 Å². The zero-order chi connectivity index (χ0) is 14.5. The highest BCUT2D eigenvalue weighted by atomic mass is 16.5. The van der Waals surface area contributed by atoms with Crippen LogP contribution in [0.1, 0.15) is 11.1 Å². The Morgan fingerprint density at radius 1 is 0.857 bits per heavy atom. The lowest BCUT2D eigenvalue weighted by molar-refractivity contribution is 0.415. The number of fused-ring (bicyclic) bond motifs is 1. The first-order valence-corrected chi connectivity index (χ1v) is 6.96. The largest absolute Gasteiger partial charge is 0.497 e. The maximum Gasteiger partial charge on any atom is 0.119 e. The Hall–Kier alpha value is -2.72. The Morgan fingerprint density at radius 3 is 2.43 bits per heavy atom. The molecule has 3 aromatic carbocycles. The highest BCUT2D eigenvalue weighted by Gasteiger charge is 1.98. The molecule has 0 aliphatic rings. The number of ether oxygens (including phenoxy) is 1. The number of hydrogen-bond acceptors (Lipinski definition) is 1. The van der Waals surface area contributed by atoms with Crippen molar-refractivity contribution in [1.29, 1.82) is 0 Å². The van der Waals surface area contributed by atoms with Crippen LogP contribution in [0.15, 0.2) is 66.7 Å². The molecule has 0 radical (unpaired) electrons. The van der Waals surface area contributed by atoms with Gasteiger partial charge in [0, 0.05) is 12.0 Å². The molecule has 0 atom stereocenters. The van der Waals surface area contributed by atoms with E-state index in [9.17, 15) is 0 Å². The average molecular weight is 272 g/mol. The van der Waals surface area contributed by atoms with Gasteiger partial charge in [-0.05, 0) is 40.6 Å². The van der Waals surface area contributed by atoms with Gasteiger partial charge < -0.3 is 4.74 Å². The first-order chi connectivity index (χ1) is 10.3. The highest BCUT2D eigenvalue weighted by Crippen LogP contribution is 2.21. The van der Waals surface area contributed by atoms with Crippen molar-refractivity contribution in [1.82, 2.24) is 0 Å². The monoisotopic (exact) mass is 272 g/mol. The van der Waals surface area contributed by atoms with Crippen LogP contribution >= 0.6 is 0 Å². The van der Waals surface area contributed by atoms with Gasteiger partial charge in [0.1, 0.15) is 5.75 Å². The first-order valence-electron chi connectivity index (χ1n) is 6.96. The summed E-state index contributed by atoms with van der Waals surface area (Å²) in [6.45, 7) is 0. The summed E-state index contributed by atoms with van der Waals surface area (Å²) in [5.41, 5.74) is 2.29. The van der Waals surface area contributed by atoms with Crippen LogP contribution < -0.4 is 4.74 Å². The van der Waals surface area contributed by atoms with E-state index < -0.39 is 0 Å². The van der Waals surface area contributed by atoms with E-state index in [4.69, 9.17) is 4.74 Å². The van der Waals surface area contributed by atoms with Gasteiger partial charge in [0.15, 0.2) is 0 Å². The summed E-state index contributed by atoms with van der Waals surface area (Å²) >= 11 is 0. The van der Waals surface area contributed by atoms with E-state index >= 15 is 0 Å². The van der Waals surface area contributed by atoms with E-state index in [0.29, 0.717) is 0 Å². The van der Waals surface area contributed by atoms with Gasteiger partial charge in [-0.2, -0.15) is 0 Å². The molecule has 0 N–H and O–H groups in total. The van der Waals surface area contributed by atoms with Crippen molar-refractivity contribution in [3.63, 3.8) is 0 Å². The molecule has 0 aromatic heterocycles. The zero-order valence-corrected chi connectivity index (χ0v) is 12.0. The van der Waals surface area contributed by atoms with Crippen molar-refractivity contribution in [2.75, 3.05) is 7.11 Å². The average Bonchev–Trinajstić information content (AvgIpc) is 2.55. The van der Waals surface area contributed by atoms with Crippen molar-refractivity contribution in [3.05, 3.63) is 77.9 Å². The van der Waals surface area contributed by atoms with Gasteiger partial charge in [-0.25, -0.2) is 0 Å². The van der Waals surface area contributed by atoms with Gasteiger partial charge in [0.2, 0.25) is 0 Å². The van der Waals surface area contributed by atoms with E-state index in [2.05, 4.69) is 42.2 Å². The molecular weight excluding hydrogens is 256 g/mol. The summed E-state index contributed by atoms with van der Waals surface area (Å²) in [5.74, 6) is 7.31. The lowest BCUT2D eigenvalue weighted by Crippen LogP contribution is -1.85. The molecular formula is C20H16O. The Morgan fingerprint density at radius 2 is 1.62 bits per heavy atom. The molecule has 1 heteroatoms. The smallest absolute Gasteiger partial charge is 0.119 e. The maximum absolute atomic E-state index is 5.24. The molecule has 21 heavy (non-hydrogen) atoms.